The van der Waals surface area contributed by atoms with Crippen LogP contribution in [0.15, 0.2) is 48.5 Å². The van der Waals surface area contributed by atoms with Gasteiger partial charge in [0.05, 0.1) is 17.1 Å². The van der Waals surface area contributed by atoms with Gasteiger partial charge >= 0.3 is 6.18 Å². The van der Waals surface area contributed by atoms with Crippen molar-refractivity contribution < 1.29 is 36.2 Å². The van der Waals surface area contributed by atoms with Gasteiger partial charge in [0.2, 0.25) is 0 Å². The number of amides is 1. The smallest absolute Gasteiger partial charge is 0.416 e. The number of benzene rings is 2. The molecule has 1 N–H and O–H groups in total. The van der Waals surface area contributed by atoms with Gasteiger partial charge in [0.15, 0.2) is 9.84 Å². The molecule has 0 bridgehead atoms. The first-order chi connectivity index (χ1) is 15.0. The van der Waals surface area contributed by atoms with E-state index in [9.17, 15) is 31.5 Å². The first kappa shape index (κ1) is 22.6. The number of carbonyl (C=O) groups is 1. The van der Waals surface area contributed by atoms with Gasteiger partial charge < -0.3 is 14.7 Å². The lowest BCUT2D eigenvalue weighted by Crippen LogP contribution is -2.52. The van der Waals surface area contributed by atoms with Crippen molar-refractivity contribution in [3.05, 3.63) is 65.2 Å². The zero-order chi connectivity index (χ0) is 23.1. The Hall–Kier alpha value is -2.59. The highest BCUT2D eigenvalue weighted by molar-refractivity contribution is 7.92. The molecule has 2 aromatic rings. The number of rotatable bonds is 4. The van der Waals surface area contributed by atoms with E-state index in [0.717, 1.165) is 12.1 Å². The SMILES string of the molecule is O=C(c1ccc(C2(O)CS(=O)(=O)C2)cc1)N1CCC(Oc2cccc(C(F)(F)F)c2)CC1. The van der Waals surface area contributed by atoms with Crippen LogP contribution in [0, 0.1) is 0 Å². The molecule has 172 valence electrons. The van der Waals surface area contributed by atoms with Crippen molar-refractivity contribution in [2.75, 3.05) is 24.6 Å². The molecule has 2 aromatic carbocycles. The molecule has 4 rings (SSSR count). The fraction of sp³-hybridized carbons (Fsp3) is 0.409. The molecule has 0 saturated carbocycles. The van der Waals surface area contributed by atoms with Gasteiger partial charge in [0.25, 0.3) is 5.91 Å². The molecule has 32 heavy (non-hydrogen) atoms. The van der Waals surface area contributed by atoms with Crippen LogP contribution >= 0.6 is 0 Å². The fourth-order valence-electron chi connectivity index (χ4n) is 4.07. The number of aliphatic hydroxyl groups is 1. The van der Waals surface area contributed by atoms with Gasteiger partial charge in [-0.1, -0.05) is 18.2 Å². The summed E-state index contributed by atoms with van der Waals surface area (Å²) in [4.78, 5) is 14.4. The zero-order valence-electron chi connectivity index (χ0n) is 17.0. The van der Waals surface area contributed by atoms with E-state index in [1.54, 1.807) is 29.2 Å². The minimum Gasteiger partial charge on any atom is -0.490 e. The second kappa shape index (κ2) is 8.08. The molecular weight excluding hydrogens is 447 g/mol. The van der Waals surface area contributed by atoms with E-state index < -0.39 is 27.2 Å². The topological polar surface area (TPSA) is 83.9 Å². The molecule has 6 nitrogen and oxygen atoms in total. The summed E-state index contributed by atoms with van der Waals surface area (Å²) in [5, 5.41) is 10.4. The van der Waals surface area contributed by atoms with E-state index >= 15 is 0 Å². The number of ether oxygens (including phenoxy) is 1. The molecule has 0 aromatic heterocycles. The van der Waals surface area contributed by atoms with Crippen molar-refractivity contribution in [1.29, 1.82) is 0 Å². The van der Waals surface area contributed by atoms with Crippen LogP contribution in [0.1, 0.15) is 34.3 Å². The van der Waals surface area contributed by atoms with Crippen molar-refractivity contribution in [3.63, 3.8) is 0 Å². The maximum absolute atomic E-state index is 12.9. The lowest BCUT2D eigenvalue weighted by molar-refractivity contribution is -0.137. The Morgan fingerprint density at radius 3 is 2.25 bits per heavy atom. The number of piperidine rings is 1. The monoisotopic (exact) mass is 469 g/mol. The summed E-state index contributed by atoms with van der Waals surface area (Å²) < 4.78 is 67.0. The van der Waals surface area contributed by atoms with Crippen LogP contribution in [0.2, 0.25) is 0 Å². The van der Waals surface area contributed by atoms with Crippen LogP contribution < -0.4 is 4.74 Å². The van der Waals surface area contributed by atoms with E-state index in [1.807, 2.05) is 0 Å². The highest BCUT2D eigenvalue weighted by atomic mass is 32.2. The molecule has 2 aliphatic heterocycles. The van der Waals surface area contributed by atoms with Gasteiger partial charge in [-0.05, 0) is 35.9 Å². The van der Waals surface area contributed by atoms with Crippen molar-refractivity contribution >= 4 is 15.7 Å². The van der Waals surface area contributed by atoms with Crippen LogP contribution in [0.25, 0.3) is 0 Å². The quantitative estimate of drug-likeness (QED) is 0.745. The van der Waals surface area contributed by atoms with Gasteiger partial charge in [-0.15, -0.1) is 0 Å². The predicted octanol–water partition coefficient (Wildman–Crippen LogP) is 3.01. The standard InChI is InChI=1S/C22H22F3NO5S/c23-22(24,25)17-2-1-3-19(12-17)31-18-8-10-26(11-9-18)20(27)15-4-6-16(7-5-15)21(28)13-32(29,30)14-21/h1-7,12,18,28H,8-11,13-14H2. The number of alkyl halides is 3. The van der Waals surface area contributed by atoms with Crippen molar-refractivity contribution in [3.8, 4) is 5.75 Å². The fourth-order valence-corrected chi connectivity index (χ4v) is 5.78. The van der Waals surface area contributed by atoms with Crippen LogP contribution in [0.3, 0.4) is 0 Å². The number of halogens is 3. The lowest BCUT2D eigenvalue weighted by Gasteiger charge is -2.36. The molecule has 0 atom stereocenters. The summed E-state index contributed by atoms with van der Waals surface area (Å²) in [7, 11) is -3.21. The van der Waals surface area contributed by atoms with Crippen molar-refractivity contribution in [2.24, 2.45) is 0 Å². The van der Waals surface area contributed by atoms with Crippen LogP contribution in [0.5, 0.6) is 5.75 Å². The highest BCUT2D eigenvalue weighted by Crippen LogP contribution is 2.34. The first-order valence-electron chi connectivity index (χ1n) is 10.1. The predicted molar refractivity (Wildman–Crippen MR) is 110 cm³/mol. The maximum atomic E-state index is 12.9. The van der Waals surface area contributed by atoms with Gasteiger partial charge in [-0.3, -0.25) is 4.79 Å². The minimum absolute atomic E-state index is 0.149. The zero-order valence-corrected chi connectivity index (χ0v) is 17.8. The summed E-state index contributed by atoms with van der Waals surface area (Å²) in [5.41, 5.74) is -1.30. The van der Waals surface area contributed by atoms with E-state index in [2.05, 4.69) is 0 Å². The average Bonchev–Trinajstić information content (AvgIpc) is 2.72. The van der Waals surface area contributed by atoms with Gasteiger partial charge in [0, 0.05) is 31.5 Å². The Bertz CT molecular complexity index is 1100. The van der Waals surface area contributed by atoms with Crippen molar-refractivity contribution in [2.45, 2.75) is 30.7 Å². The summed E-state index contributed by atoms with van der Waals surface area (Å²) in [5.74, 6) is -0.710. The average molecular weight is 469 g/mol. The number of nitrogens with zero attached hydrogens (tertiary/aromatic N) is 1. The largest absolute Gasteiger partial charge is 0.490 e. The molecule has 0 unspecified atom stereocenters. The van der Waals surface area contributed by atoms with Gasteiger partial charge in [-0.25, -0.2) is 8.42 Å². The summed E-state index contributed by atoms with van der Waals surface area (Å²) in [6.45, 7) is 0.790. The van der Waals surface area contributed by atoms with Crippen molar-refractivity contribution in [1.82, 2.24) is 4.90 Å². The molecule has 2 saturated heterocycles. The third kappa shape index (κ3) is 4.75. The molecule has 2 fully saturated rings. The van der Waals surface area contributed by atoms with E-state index in [0.29, 0.717) is 37.1 Å². The summed E-state index contributed by atoms with van der Waals surface area (Å²) in [6.07, 6.45) is -3.76. The molecule has 0 spiro atoms. The Morgan fingerprint density at radius 1 is 1.06 bits per heavy atom. The van der Waals surface area contributed by atoms with Crippen LogP contribution in [-0.4, -0.2) is 55.0 Å². The summed E-state index contributed by atoms with van der Waals surface area (Å²) in [6, 6.07) is 11.0. The number of hydrogen-bond donors (Lipinski definition) is 1. The molecule has 2 aliphatic rings. The normalized spacial score (nSPS) is 20.4. The number of carbonyl (C=O) groups excluding carboxylic acids is 1. The lowest BCUT2D eigenvalue weighted by atomic mass is 9.95. The van der Waals surface area contributed by atoms with Crippen LogP contribution in [0.4, 0.5) is 13.2 Å². The Kier molecular flexibility index (Phi) is 5.70. The molecular formula is C22H22F3NO5S. The minimum atomic E-state index is -4.44. The van der Waals surface area contributed by atoms with Gasteiger partial charge in [-0.2, -0.15) is 13.2 Å². The molecule has 0 radical (unpaired) electrons. The molecule has 0 aliphatic carbocycles. The number of likely N-dealkylation sites (tertiary alicyclic amines) is 1. The van der Waals surface area contributed by atoms with E-state index in [1.165, 1.54) is 12.1 Å². The Balaban J connectivity index is 1.33. The third-order valence-electron chi connectivity index (χ3n) is 5.78. The molecule has 2 heterocycles. The number of sulfone groups is 1. The van der Waals surface area contributed by atoms with E-state index in [-0.39, 0.29) is 29.3 Å². The second-order valence-electron chi connectivity index (χ2n) is 8.28. The highest BCUT2D eigenvalue weighted by Gasteiger charge is 2.48. The number of hydrogen-bond acceptors (Lipinski definition) is 5. The first-order valence-corrected chi connectivity index (χ1v) is 11.9. The maximum Gasteiger partial charge on any atom is 0.416 e. The second-order valence-corrected chi connectivity index (χ2v) is 10.3. The summed E-state index contributed by atoms with van der Waals surface area (Å²) >= 11 is 0. The molecule has 1 amide bonds. The Morgan fingerprint density at radius 2 is 1.69 bits per heavy atom. The van der Waals surface area contributed by atoms with Crippen LogP contribution in [-0.2, 0) is 21.6 Å². The van der Waals surface area contributed by atoms with E-state index in [4.69, 9.17) is 4.74 Å². The van der Waals surface area contributed by atoms with Gasteiger partial charge in [0.1, 0.15) is 17.5 Å². The Labute approximate surface area is 183 Å². The third-order valence-corrected chi connectivity index (χ3v) is 7.61. The molecule has 10 heteroatoms.